The van der Waals surface area contributed by atoms with E-state index in [1.54, 1.807) is 17.7 Å². The zero-order valence-electron chi connectivity index (χ0n) is 10.3. The summed E-state index contributed by atoms with van der Waals surface area (Å²) in [4.78, 5) is 6.89. The van der Waals surface area contributed by atoms with E-state index in [-0.39, 0.29) is 6.04 Å². The van der Waals surface area contributed by atoms with Crippen LogP contribution in [0, 0.1) is 0 Å². The van der Waals surface area contributed by atoms with Crippen LogP contribution in [0.3, 0.4) is 0 Å². The Kier molecular flexibility index (Phi) is 3.11. The topological polar surface area (TPSA) is 72.9 Å². The lowest BCUT2D eigenvalue weighted by Gasteiger charge is -2.25. The van der Waals surface area contributed by atoms with Gasteiger partial charge < -0.3 is 10.3 Å². The summed E-state index contributed by atoms with van der Waals surface area (Å²) in [6.45, 7) is 5.62. The Morgan fingerprint density at radius 3 is 3.17 bits per heavy atom. The molecule has 1 atom stereocenters. The summed E-state index contributed by atoms with van der Waals surface area (Å²) in [5.74, 6) is 1.03. The van der Waals surface area contributed by atoms with Crippen LogP contribution in [-0.4, -0.2) is 31.2 Å². The molecule has 0 saturated carbocycles. The predicted octanol–water partition coefficient (Wildman–Crippen LogP) is 0.770. The summed E-state index contributed by atoms with van der Waals surface area (Å²) in [7, 11) is 0. The van der Waals surface area contributed by atoms with Crippen LogP contribution in [0.25, 0.3) is 0 Å². The smallest absolute Gasteiger partial charge is 0.147 e. The van der Waals surface area contributed by atoms with Crippen LogP contribution >= 0.6 is 11.3 Å². The summed E-state index contributed by atoms with van der Waals surface area (Å²) in [6, 6.07) is 0.0215. The zero-order valence-corrected chi connectivity index (χ0v) is 11.1. The van der Waals surface area contributed by atoms with E-state index in [2.05, 4.69) is 30.0 Å². The molecule has 1 unspecified atom stereocenters. The quantitative estimate of drug-likeness (QED) is 0.886. The second kappa shape index (κ2) is 4.75. The Bertz CT molecular complexity index is 531. The molecule has 3 heterocycles. The largest absolute Gasteiger partial charge is 0.322 e. The summed E-state index contributed by atoms with van der Waals surface area (Å²) in [6.07, 6.45) is 1.80. The number of fused-ring (bicyclic) bond motifs is 1. The number of thiazole rings is 1. The molecule has 18 heavy (non-hydrogen) atoms. The van der Waals surface area contributed by atoms with Crippen molar-refractivity contribution in [2.24, 2.45) is 5.73 Å². The fraction of sp³-hybridized carbons (Fsp3) is 0.545. The predicted molar refractivity (Wildman–Crippen MR) is 68.9 cm³/mol. The van der Waals surface area contributed by atoms with Crippen molar-refractivity contribution in [3.8, 4) is 0 Å². The first-order chi connectivity index (χ1) is 8.72. The molecule has 96 valence electrons. The number of hydrogen-bond acceptors (Lipinski definition) is 6. The van der Waals surface area contributed by atoms with Gasteiger partial charge in [-0.25, -0.2) is 4.98 Å². The van der Waals surface area contributed by atoms with Crippen LogP contribution in [0.4, 0.5) is 0 Å². The van der Waals surface area contributed by atoms with Gasteiger partial charge in [-0.2, -0.15) is 0 Å². The molecule has 2 aromatic heterocycles. The van der Waals surface area contributed by atoms with Gasteiger partial charge in [-0.1, -0.05) is 0 Å². The number of nitrogens with zero attached hydrogens (tertiary/aromatic N) is 5. The maximum absolute atomic E-state index is 5.82. The van der Waals surface area contributed by atoms with Crippen molar-refractivity contribution in [2.45, 2.75) is 32.6 Å². The summed E-state index contributed by atoms with van der Waals surface area (Å²) in [5.41, 5.74) is 6.92. The number of aromatic nitrogens is 4. The molecule has 1 aliphatic rings. The molecule has 6 nitrogen and oxygen atoms in total. The lowest BCUT2D eigenvalue weighted by atomic mass is 10.3. The number of rotatable bonds is 3. The third-order valence-corrected chi connectivity index (χ3v) is 4.16. The molecule has 0 aliphatic carbocycles. The van der Waals surface area contributed by atoms with Crippen molar-refractivity contribution in [1.82, 2.24) is 24.6 Å². The van der Waals surface area contributed by atoms with Crippen molar-refractivity contribution in [3.05, 3.63) is 28.2 Å². The Hall–Kier alpha value is -1.31. The summed E-state index contributed by atoms with van der Waals surface area (Å²) < 4.78 is 2.10. The van der Waals surface area contributed by atoms with Crippen LogP contribution in [0.5, 0.6) is 0 Å². The highest BCUT2D eigenvalue weighted by Crippen LogP contribution is 2.18. The van der Waals surface area contributed by atoms with Gasteiger partial charge in [0.1, 0.15) is 17.2 Å². The molecule has 0 fully saturated rings. The minimum atomic E-state index is 0.0215. The van der Waals surface area contributed by atoms with Gasteiger partial charge in [0.05, 0.1) is 18.3 Å². The maximum Gasteiger partial charge on any atom is 0.147 e. The average molecular weight is 264 g/mol. The first-order valence-electron chi connectivity index (χ1n) is 6.01. The van der Waals surface area contributed by atoms with Gasteiger partial charge >= 0.3 is 0 Å². The molecule has 7 heteroatoms. The third-order valence-electron chi connectivity index (χ3n) is 3.06. The van der Waals surface area contributed by atoms with E-state index in [4.69, 9.17) is 5.73 Å². The second-order valence-corrected chi connectivity index (χ2v) is 5.51. The fourth-order valence-electron chi connectivity index (χ4n) is 2.08. The summed E-state index contributed by atoms with van der Waals surface area (Å²) in [5, 5.41) is 11.1. The van der Waals surface area contributed by atoms with E-state index in [0.717, 1.165) is 42.7 Å². The molecule has 3 rings (SSSR count). The lowest BCUT2D eigenvalue weighted by Crippen LogP contribution is -2.33. The van der Waals surface area contributed by atoms with E-state index in [1.807, 2.05) is 6.92 Å². The average Bonchev–Trinajstić information content (AvgIpc) is 2.96. The van der Waals surface area contributed by atoms with E-state index in [1.165, 1.54) is 0 Å². The van der Waals surface area contributed by atoms with Crippen LogP contribution < -0.4 is 5.73 Å². The van der Waals surface area contributed by atoms with Crippen molar-refractivity contribution in [3.63, 3.8) is 0 Å². The first kappa shape index (κ1) is 11.8. The minimum Gasteiger partial charge on any atom is -0.322 e. The van der Waals surface area contributed by atoms with Gasteiger partial charge in [0.25, 0.3) is 0 Å². The highest BCUT2D eigenvalue weighted by molar-refractivity contribution is 7.09. The lowest BCUT2D eigenvalue weighted by molar-refractivity contribution is 0.206. The highest BCUT2D eigenvalue weighted by Gasteiger charge is 2.18. The number of hydrogen-bond donors (Lipinski definition) is 1. The molecule has 2 N–H and O–H groups in total. The van der Waals surface area contributed by atoms with Gasteiger partial charge in [0.15, 0.2) is 0 Å². The van der Waals surface area contributed by atoms with Crippen LogP contribution in [0.1, 0.15) is 29.5 Å². The molecular formula is C11H16N6S. The monoisotopic (exact) mass is 264 g/mol. The van der Waals surface area contributed by atoms with Gasteiger partial charge in [0.2, 0.25) is 0 Å². The Morgan fingerprint density at radius 1 is 1.50 bits per heavy atom. The first-order valence-corrected chi connectivity index (χ1v) is 6.89. The molecule has 0 saturated heterocycles. The standard InChI is InChI=1S/C11H16N6S/c1-8(12)11-14-9(6-18-11)4-16-2-3-17-7-13-15-10(17)5-16/h6-8H,2-5,12H2,1H3. The van der Waals surface area contributed by atoms with E-state index >= 15 is 0 Å². The highest BCUT2D eigenvalue weighted by atomic mass is 32.1. The van der Waals surface area contributed by atoms with Crippen LogP contribution in [0.15, 0.2) is 11.7 Å². The molecule has 0 radical (unpaired) electrons. The van der Waals surface area contributed by atoms with Crippen molar-refractivity contribution >= 4 is 11.3 Å². The third kappa shape index (κ3) is 2.29. The van der Waals surface area contributed by atoms with Crippen LogP contribution in [0.2, 0.25) is 0 Å². The van der Waals surface area contributed by atoms with Crippen molar-refractivity contribution in [1.29, 1.82) is 0 Å². The number of nitrogens with two attached hydrogens (primary N) is 1. The molecule has 0 bridgehead atoms. The maximum atomic E-state index is 5.82. The normalized spacial score (nSPS) is 17.7. The molecule has 0 spiro atoms. The van der Waals surface area contributed by atoms with Crippen LogP contribution in [-0.2, 0) is 19.6 Å². The summed E-state index contributed by atoms with van der Waals surface area (Å²) >= 11 is 1.64. The van der Waals surface area contributed by atoms with Gasteiger partial charge in [0, 0.05) is 25.0 Å². The molecule has 2 aromatic rings. The molecule has 0 aromatic carbocycles. The van der Waals surface area contributed by atoms with Gasteiger partial charge in [-0.15, -0.1) is 21.5 Å². The second-order valence-electron chi connectivity index (χ2n) is 4.62. The minimum absolute atomic E-state index is 0.0215. The Morgan fingerprint density at radius 2 is 2.39 bits per heavy atom. The van der Waals surface area contributed by atoms with Gasteiger partial charge in [-0.05, 0) is 6.92 Å². The van der Waals surface area contributed by atoms with Crippen molar-refractivity contribution in [2.75, 3.05) is 6.54 Å². The molecule has 1 aliphatic heterocycles. The SMILES string of the molecule is CC(N)c1nc(CN2CCn3cnnc3C2)cs1. The van der Waals surface area contributed by atoms with E-state index in [0.29, 0.717) is 0 Å². The van der Waals surface area contributed by atoms with E-state index < -0.39 is 0 Å². The zero-order chi connectivity index (χ0) is 12.5. The van der Waals surface area contributed by atoms with Gasteiger partial charge in [-0.3, -0.25) is 4.90 Å². The van der Waals surface area contributed by atoms with E-state index in [9.17, 15) is 0 Å². The fourth-order valence-corrected chi connectivity index (χ4v) is 2.85. The van der Waals surface area contributed by atoms with Crippen molar-refractivity contribution < 1.29 is 0 Å². The Balaban J connectivity index is 1.67. The molecule has 0 amide bonds. The Labute approximate surface area is 109 Å². The molecular weight excluding hydrogens is 248 g/mol.